The van der Waals surface area contributed by atoms with Gasteiger partial charge in [-0.3, -0.25) is 4.79 Å². The van der Waals surface area contributed by atoms with Crippen LogP contribution in [-0.2, 0) is 20.1 Å². The Bertz CT molecular complexity index is 327. The SMILES string of the molecule is CC(=O)O[SiH2]OC(C)CCCc1ccccc1. The van der Waals surface area contributed by atoms with Crippen LogP contribution in [0.1, 0.15) is 32.3 Å². The minimum absolute atomic E-state index is 0.185. The monoisotopic (exact) mass is 252 g/mol. The minimum atomic E-state index is -1.12. The van der Waals surface area contributed by atoms with Gasteiger partial charge in [-0.05, 0) is 31.7 Å². The summed E-state index contributed by atoms with van der Waals surface area (Å²) in [5, 5.41) is 0. The van der Waals surface area contributed by atoms with E-state index in [4.69, 9.17) is 8.85 Å². The number of hydrogen-bond donors (Lipinski definition) is 0. The molecule has 3 nitrogen and oxygen atoms in total. The summed E-state index contributed by atoms with van der Waals surface area (Å²) in [6.45, 7) is 3.44. The molecule has 0 spiro atoms. The van der Waals surface area contributed by atoms with E-state index in [0.717, 1.165) is 19.3 Å². The van der Waals surface area contributed by atoms with Crippen molar-refractivity contribution in [1.29, 1.82) is 0 Å². The predicted molar refractivity (Wildman–Crippen MR) is 70.2 cm³/mol. The number of rotatable bonds is 7. The highest BCUT2D eigenvalue weighted by Crippen LogP contribution is 2.07. The zero-order valence-electron chi connectivity index (χ0n) is 10.5. The molecule has 0 aromatic heterocycles. The Labute approximate surface area is 105 Å². The molecule has 94 valence electrons. The Morgan fingerprint density at radius 1 is 1.35 bits per heavy atom. The van der Waals surface area contributed by atoms with Crippen LogP contribution >= 0.6 is 0 Å². The maximum absolute atomic E-state index is 10.6. The van der Waals surface area contributed by atoms with Crippen molar-refractivity contribution in [3.63, 3.8) is 0 Å². The summed E-state index contributed by atoms with van der Waals surface area (Å²) in [5.41, 5.74) is 1.36. The molecule has 0 saturated heterocycles. The predicted octanol–water partition coefficient (Wildman–Crippen LogP) is 1.98. The second-order valence-electron chi connectivity index (χ2n) is 4.11. The standard InChI is InChI=1S/C13H20O3Si/c1-11(15-17-16-12(2)14)7-6-10-13-8-4-3-5-9-13/h3-5,8-9,11H,6-7,10,17H2,1-2H3. The fourth-order valence-electron chi connectivity index (χ4n) is 1.55. The lowest BCUT2D eigenvalue weighted by molar-refractivity contribution is -0.133. The smallest absolute Gasteiger partial charge is 0.369 e. The maximum atomic E-state index is 10.6. The van der Waals surface area contributed by atoms with Gasteiger partial charge in [-0.2, -0.15) is 0 Å². The second-order valence-corrected chi connectivity index (χ2v) is 4.97. The van der Waals surface area contributed by atoms with Crippen molar-refractivity contribution in [2.75, 3.05) is 0 Å². The van der Waals surface area contributed by atoms with Gasteiger partial charge in [0.1, 0.15) is 0 Å². The summed E-state index contributed by atoms with van der Waals surface area (Å²) < 4.78 is 10.3. The molecule has 0 fully saturated rings. The summed E-state index contributed by atoms with van der Waals surface area (Å²) in [7, 11) is -1.12. The number of aryl methyl sites for hydroxylation is 1. The van der Waals surface area contributed by atoms with Crippen LogP contribution in [-0.4, -0.2) is 22.1 Å². The molecule has 0 N–H and O–H groups in total. The van der Waals surface area contributed by atoms with Gasteiger partial charge in [0.25, 0.3) is 5.97 Å². The molecule has 1 unspecified atom stereocenters. The van der Waals surface area contributed by atoms with Crippen molar-refractivity contribution in [1.82, 2.24) is 0 Å². The summed E-state index contributed by atoms with van der Waals surface area (Å²) in [6, 6.07) is 10.4. The van der Waals surface area contributed by atoms with Crippen LogP contribution in [0.4, 0.5) is 0 Å². The quantitative estimate of drug-likeness (QED) is 0.696. The molecule has 0 aliphatic rings. The lowest BCUT2D eigenvalue weighted by Gasteiger charge is -2.12. The molecule has 0 saturated carbocycles. The summed E-state index contributed by atoms with van der Waals surface area (Å²) in [4.78, 5) is 10.6. The largest absolute Gasteiger partial charge is 0.499 e. The van der Waals surface area contributed by atoms with Gasteiger partial charge < -0.3 is 8.85 Å². The molecule has 1 rings (SSSR count). The Morgan fingerprint density at radius 3 is 2.71 bits per heavy atom. The second kappa shape index (κ2) is 8.03. The highest BCUT2D eigenvalue weighted by atomic mass is 28.3. The maximum Gasteiger partial charge on any atom is 0.369 e. The zero-order chi connectivity index (χ0) is 12.5. The van der Waals surface area contributed by atoms with Gasteiger partial charge in [0.15, 0.2) is 0 Å². The van der Waals surface area contributed by atoms with Crippen molar-refractivity contribution < 1.29 is 13.6 Å². The van der Waals surface area contributed by atoms with Crippen LogP contribution in [0.5, 0.6) is 0 Å². The van der Waals surface area contributed by atoms with Crippen LogP contribution in [0.25, 0.3) is 0 Å². The van der Waals surface area contributed by atoms with Gasteiger partial charge in [-0.1, -0.05) is 30.3 Å². The third kappa shape index (κ3) is 6.91. The molecule has 1 aromatic rings. The van der Waals surface area contributed by atoms with E-state index in [1.165, 1.54) is 12.5 Å². The fourth-order valence-corrected chi connectivity index (χ4v) is 2.19. The van der Waals surface area contributed by atoms with Gasteiger partial charge in [-0.15, -0.1) is 0 Å². The molecule has 0 heterocycles. The van der Waals surface area contributed by atoms with E-state index in [0.29, 0.717) is 0 Å². The van der Waals surface area contributed by atoms with Crippen LogP contribution in [0.2, 0.25) is 0 Å². The van der Waals surface area contributed by atoms with E-state index < -0.39 is 10.0 Å². The number of benzene rings is 1. The van der Waals surface area contributed by atoms with Crippen LogP contribution in [0.3, 0.4) is 0 Å². The van der Waals surface area contributed by atoms with Gasteiger partial charge in [0.2, 0.25) is 0 Å². The zero-order valence-corrected chi connectivity index (χ0v) is 11.9. The lowest BCUT2D eigenvalue weighted by Crippen LogP contribution is -2.16. The van der Waals surface area contributed by atoms with Gasteiger partial charge >= 0.3 is 10.0 Å². The summed E-state index contributed by atoms with van der Waals surface area (Å²) >= 11 is 0. The molecule has 4 heteroatoms. The average Bonchev–Trinajstić information content (AvgIpc) is 2.30. The van der Waals surface area contributed by atoms with Gasteiger partial charge in [-0.25, -0.2) is 0 Å². The Balaban J connectivity index is 2.08. The van der Waals surface area contributed by atoms with Crippen molar-refractivity contribution in [3.8, 4) is 0 Å². The first-order valence-electron chi connectivity index (χ1n) is 5.97. The lowest BCUT2D eigenvalue weighted by atomic mass is 10.1. The number of carbonyl (C=O) groups excluding carboxylic acids is 1. The first-order valence-corrected chi connectivity index (χ1v) is 7.13. The van der Waals surface area contributed by atoms with Crippen LogP contribution < -0.4 is 0 Å². The van der Waals surface area contributed by atoms with Crippen molar-refractivity contribution >= 4 is 16.0 Å². The molecule has 0 aliphatic carbocycles. The van der Waals surface area contributed by atoms with Crippen molar-refractivity contribution in [2.45, 2.75) is 39.2 Å². The van der Waals surface area contributed by atoms with Crippen molar-refractivity contribution in [2.24, 2.45) is 0 Å². The molecule has 1 atom stereocenters. The van der Waals surface area contributed by atoms with E-state index in [9.17, 15) is 4.79 Å². The Morgan fingerprint density at radius 2 is 2.06 bits per heavy atom. The Kier molecular flexibility index (Phi) is 6.58. The third-order valence-electron chi connectivity index (χ3n) is 2.53. The van der Waals surface area contributed by atoms with E-state index in [2.05, 4.69) is 24.3 Å². The molecular weight excluding hydrogens is 232 g/mol. The number of hydrogen-bond acceptors (Lipinski definition) is 3. The molecule has 0 aliphatic heterocycles. The topological polar surface area (TPSA) is 35.5 Å². The van der Waals surface area contributed by atoms with Gasteiger partial charge in [0.05, 0.1) is 0 Å². The highest BCUT2D eigenvalue weighted by Gasteiger charge is 2.03. The third-order valence-corrected chi connectivity index (χ3v) is 3.76. The first-order chi connectivity index (χ1) is 8.18. The molecular formula is C13H20O3Si. The molecule has 0 radical (unpaired) electrons. The average molecular weight is 252 g/mol. The normalized spacial score (nSPS) is 12.8. The fraction of sp³-hybridized carbons (Fsp3) is 0.462. The van der Waals surface area contributed by atoms with E-state index in [-0.39, 0.29) is 12.1 Å². The van der Waals surface area contributed by atoms with E-state index in [1.54, 1.807) is 0 Å². The summed E-state index contributed by atoms with van der Waals surface area (Å²) in [5.74, 6) is -0.242. The minimum Gasteiger partial charge on any atom is -0.499 e. The van der Waals surface area contributed by atoms with Crippen molar-refractivity contribution in [3.05, 3.63) is 35.9 Å². The Hall–Kier alpha value is -1.13. The van der Waals surface area contributed by atoms with E-state index in [1.807, 2.05) is 13.0 Å². The van der Waals surface area contributed by atoms with Crippen LogP contribution in [0.15, 0.2) is 30.3 Å². The number of carbonyl (C=O) groups is 1. The molecule has 17 heavy (non-hydrogen) atoms. The summed E-state index contributed by atoms with van der Waals surface area (Å²) in [6.07, 6.45) is 3.36. The van der Waals surface area contributed by atoms with Gasteiger partial charge in [0, 0.05) is 13.0 Å². The highest BCUT2D eigenvalue weighted by molar-refractivity contribution is 6.22. The molecule has 0 bridgehead atoms. The molecule has 0 amide bonds. The molecule has 1 aromatic carbocycles. The first kappa shape index (κ1) is 13.9. The van der Waals surface area contributed by atoms with E-state index >= 15 is 0 Å². The van der Waals surface area contributed by atoms with Crippen LogP contribution in [0, 0.1) is 0 Å².